The highest BCUT2D eigenvalue weighted by atomic mass is 35.5. The van der Waals surface area contributed by atoms with Crippen LogP contribution in [0.3, 0.4) is 0 Å². The molecule has 1 aliphatic heterocycles. The molecular formula is C15H16ClN3O. The van der Waals surface area contributed by atoms with E-state index in [9.17, 15) is 0 Å². The molecule has 20 heavy (non-hydrogen) atoms. The van der Waals surface area contributed by atoms with Crippen molar-refractivity contribution in [2.24, 2.45) is 0 Å². The van der Waals surface area contributed by atoms with Crippen LogP contribution in [-0.4, -0.2) is 29.2 Å². The van der Waals surface area contributed by atoms with E-state index in [-0.39, 0.29) is 6.04 Å². The van der Waals surface area contributed by atoms with Crippen LogP contribution in [0.15, 0.2) is 36.7 Å². The maximum absolute atomic E-state index is 6.23. The van der Waals surface area contributed by atoms with Crippen LogP contribution in [0, 0.1) is 0 Å². The monoisotopic (exact) mass is 289 g/mol. The third-order valence-electron chi connectivity index (χ3n) is 3.28. The molecule has 104 valence electrons. The number of nitrogens with one attached hydrogen (secondary N) is 1. The van der Waals surface area contributed by atoms with E-state index in [0.29, 0.717) is 23.5 Å². The van der Waals surface area contributed by atoms with E-state index >= 15 is 0 Å². The largest absolute Gasteiger partial charge is 0.378 e. The summed E-state index contributed by atoms with van der Waals surface area (Å²) in [7, 11) is 0. The average molecular weight is 290 g/mol. The SMILES string of the molecule is C[C@@H]1COC[C@@H](c2cc(Cl)cc(-c3ncccn3)c2)N1. The lowest BCUT2D eigenvalue weighted by Gasteiger charge is -2.29. The second-order valence-corrected chi connectivity index (χ2v) is 5.44. The van der Waals surface area contributed by atoms with E-state index in [2.05, 4.69) is 28.3 Å². The van der Waals surface area contributed by atoms with Crippen LogP contribution < -0.4 is 5.32 Å². The molecule has 1 aromatic carbocycles. The first-order valence-electron chi connectivity index (χ1n) is 6.64. The van der Waals surface area contributed by atoms with Gasteiger partial charge in [0.15, 0.2) is 5.82 Å². The number of aromatic nitrogens is 2. The van der Waals surface area contributed by atoms with Crippen LogP contribution >= 0.6 is 11.6 Å². The molecule has 0 spiro atoms. The molecule has 4 nitrogen and oxygen atoms in total. The van der Waals surface area contributed by atoms with Crippen molar-refractivity contribution in [3.8, 4) is 11.4 Å². The van der Waals surface area contributed by atoms with Crippen molar-refractivity contribution >= 4 is 11.6 Å². The van der Waals surface area contributed by atoms with Gasteiger partial charge in [-0.25, -0.2) is 9.97 Å². The third kappa shape index (κ3) is 2.98. The van der Waals surface area contributed by atoms with Crippen LogP contribution in [0.4, 0.5) is 0 Å². The highest BCUT2D eigenvalue weighted by molar-refractivity contribution is 6.30. The molecular weight excluding hydrogens is 274 g/mol. The fraction of sp³-hybridized carbons (Fsp3) is 0.333. The molecule has 0 unspecified atom stereocenters. The molecule has 1 N–H and O–H groups in total. The molecule has 0 aliphatic carbocycles. The van der Waals surface area contributed by atoms with Crippen molar-refractivity contribution in [2.75, 3.05) is 13.2 Å². The number of hydrogen-bond donors (Lipinski definition) is 1. The van der Waals surface area contributed by atoms with Gasteiger partial charge in [-0.05, 0) is 36.8 Å². The minimum Gasteiger partial charge on any atom is -0.378 e. The topological polar surface area (TPSA) is 47.0 Å². The molecule has 3 rings (SSSR count). The standard InChI is InChI=1S/C15H16ClN3O/c1-10-8-20-9-14(19-10)11-5-12(7-13(16)6-11)15-17-3-2-4-18-15/h2-7,10,14,19H,8-9H2,1H3/t10-,14+/m1/s1. The number of hydrogen-bond acceptors (Lipinski definition) is 4. The summed E-state index contributed by atoms with van der Waals surface area (Å²) in [6.45, 7) is 3.50. The second kappa shape index (κ2) is 5.87. The van der Waals surface area contributed by atoms with Gasteiger partial charge in [-0.15, -0.1) is 0 Å². The quantitative estimate of drug-likeness (QED) is 0.923. The van der Waals surface area contributed by atoms with E-state index in [4.69, 9.17) is 16.3 Å². The summed E-state index contributed by atoms with van der Waals surface area (Å²) in [5.41, 5.74) is 2.03. The summed E-state index contributed by atoms with van der Waals surface area (Å²) in [6.07, 6.45) is 3.46. The normalized spacial score (nSPS) is 22.7. The zero-order valence-corrected chi connectivity index (χ0v) is 12.0. The van der Waals surface area contributed by atoms with Crippen LogP contribution in [0.2, 0.25) is 5.02 Å². The van der Waals surface area contributed by atoms with Gasteiger partial charge in [0.2, 0.25) is 0 Å². The van der Waals surface area contributed by atoms with Crippen LogP contribution in [-0.2, 0) is 4.74 Å². The van der Waals surface area contributed by atoms with E-state index in [0.717, 1.165) is 17.7 Å². The molecule has 0 amide bonds. The Kier molecular flexibility index (Phi) is 3.96. The highest BCUT2D eigenvalue weighted by Crippen LogP contribution is 2.27. The Hall–Kier alpha value is -1.49. The predicted octanol–water partition coefficient (Wildman–Crippen LogP) is 2.85. The lowest BCUT2D eigenvalue weighted by molar-refractivity contribution is 0.0504. The Morgan fingerprint density at radius 2 is 2.00 bits per heavy atom. The number of morpholine rings is 1. The van der Waals surface area contributed by atoms with Gasteiger partial charge in [0.05, 0.1) is 19.3 Å². The first kappa shape index (κ1) is 13.5. The van der Waals surface area contributed by atoms with Gasteiger partial charge in [0, 0.05) is 29.0 Å². The van der Waals surface area contributed by atoms with Crippen molar-refractivity contribution in [1.29, 1.82) is 0 Å². The van der Waals surface area contributed by atoms with Gasteiger partial charge in [0.25, 0.3) is 0 Å². The lowest BCUT2D eigenvalue weighted by Crippen LogP contribution is -2.41. The molecule has 0 saturated carbocycles. The van der Waals surface area contributed by atoms with Crippen molar-refractivity contribution in [2.45, 2.75) is 19.0 Å². The lowest BCUT2D eigenvalue weighted by atomic mass is 10.0. The summed E-state index contributed by atoms with van der Waals surface area (Å²) >= 11 is 6.23. The number of halogens is 1. The van der Waals surface area contributed by atoms with Crippen molar-refractivity contribution < 1.29 is 4.74 Å². The number of nitrogens with zero attached hydrogens (tertiary/aromatic N) is 2. The second-order valence-electron chi connectivity index (χ2n) is 5.00. The van der Waals surface area contributed by atoms with E-state index in [1.54, 1.807) is 18.5 Å². The fourth-order valence-corrected chi connectivity index (χ4v) is 2.63. The molecule has 2 atom stereocenters. The van der Waals surface area contributed by atoms with Crippen LogP contribution in [0.5, 0.6) is 0 Å². The Morgan fingerprint density at radius 1 is 1.20 bits per heavy atom. The zero-order valence-electron chi connectivity index (χ0n) is 11.2. The molecule has 1 fully saturated rings. The van der Waals surface area contributed by atoms with Gasteiger partial charge < -0.3 is 10.1 Å². The smallest absolute Gasteiger partial charge is 0.159 e. The molecule has 1 aromatic heterocycles. The molecule has 0 radical (unpaired) electrons. The molecule has 5 heteroatoms. The summed E-state index contributed by atoms with van der Waals surface area (Å²) in [4.78, 5) is 8.54. The Morgan fingerprint density at radius 3 is 2.75 bits per heavy atom. The van der Waals surface area contributed by atoms with E-state index in [1.807, 2.05) is 12.1 Å². The van der Waals surface area contributed by atoms with Gasteiger partial charge >= 0.3 is 0 Å². The Bertz CT molecular complexity index is 591. The Labute approximate surface area is 123 Å². The number of rotatable bonds is 2. The number of benzene rings is 1. The third-order valence-corrected chi connectivity index (χ3v) is 3.50. The molecule has 2 heterocycles. The first-order valence-corrected chi connectivity index (χ1v) is 7.02. The van der Waals surface area contributed by atoms with Gasteiger partial charge in [-0.3, -0.25) is 0 Å². The summed E-state index contributed by atoms with van der Waals surface area (Å²) in [5, 5.41) is 4.20. The van der Waals surface area contributed by atoms with Gasteiger partial charge in [0.1, 0.15) is 0 Å². The molecule has 2 aromatic rings. The predicted molar refractivity (Wildman–Crippen MR) is 78.6 cm³/mol. The summed E-state index contributed by atoms with van der Waals surface area (Å²) in [5.74, 6) is 0.682. The van der Waals surface area contributed by atoms with Crippen molar-refractivity contribution in [3.05, 3.63) is 47.2 Å². The first-order chi connectivity index (χ1) is 9.72. The van der Waals surface area contributed by atoms with Crippen molar-refractivity contribution in [3.63, 3.8) is 0 Å². The van der Waals surface area contributed by atoms with Crippen molar-refractivity contribution in [1.82, 2.24) is 15.3 Å². The summed E-state index contributed by atoms with van der Waals surface area (Å²) in [6, 6.07) is 8.21. The average Bonchev–Trinajstić information content (AvgIpc) is 2.47. The zero-order chi connectivity index (χ0) is 13.9. The Balaban J connectivity index is 1.94. The molecule has 1 saturated heterocycles. The van der Waals surface area contributed by atoms with Crippen LogP contribution in [0.1, 0.15) is 18.5 Å². The van der Waals surface area contributed by atoms with E-state index in [1.165, 1.54) is 0 Å². The van der Waals surface area contributed by atoms with E-state index < -0.39 is 0 Å². The minimum atomic E-state index is 0.153. The minimum absolute atomic E-state index is 0.153. The highest BCUT2D eigenvalue weighted by Gasteiger charge is 2.21. The maximum Gasteiger partial charge on any atom is 0.159 e. The van der Waals surface area contributed by atoms with Gasteiger partial charge in [-0.2, -0.15) is 0 Å². The van der Waals surface area contributed by atoms with Crippen LogP contribution in [0.25, 0.3) is 11.4 Å². The number of ether oxygens (including phenoxy) is 1. The fourth-order valence-electron chi connectivity index (χ4n) is 2.39. The molecule has 1 aliphatic rings. The summed E-state index contributed by atoms with van der Waals surface area (Å²) < 4.78 is 5.60. The maximum atomic E-state index is 6.23. The molecule has 0 bridgehead atoms. The van der Waals surface area contributed by atoms with Gasteiger partial charge in [-0.1, -0.05) is 11.6 Å².